The van der Waals surface area contributed by atoms with Gasteiger partial charge in [-0.2, -0.15) is 0 Å². The summed E-state index contributed by atoms with van der Waals surface area (Å²) in [5, 5.41) is 4.78. The van der Waals surface area contributed by atoms with Crippen LogP contribution in [0.3, 0.4) is 0 Å². The molecule has 2 nitrogen and oxygen atoms in total. The van der Waals surface area contributed by atoms with E-state index in [0.29, 0.717) is 12.0 Å². The van der Waals surface area contributed by atoms with Gasteiger partial charge >= 0.3 is 0 Å². The number of anilines is 1. The predicted octanol–water partition coefficient (Wildman–Crippen LogP) is 4.39. The summed E-state index contributed by atoms with van der Waals surface area (Å²) in [4.78, 5) is 4.65. The van der Waals surface area contributed by atoms with E-state index >= 15 is 0 Å². The van der Waals surface area contributed by atoms with Crippen LogP contribution in [-0.2, 0) is 0 Å². The van der Waals surface area contributed by atoms with Crippen LogP contribution >= 0.6 is 0 Å². The molecule has 0 bridgehead atoms. The molecule has 0 saturated carbocycles. The fourth-order valence-corrected chi connectivity index (χ4v) is 2.39. The lowest BCUT2D eigenvalue weighted by Crippen LogP contribution is -2.17. The molecule has 1 unspecified atom stereocenters. The van der Waals surface area contributed by atoms with Crippen molar-refractivity contribution in [3.63, 3.8) is 0 Å². The maximum absolute atomic E-state index is 4.65. The van der Waals surface area contributed by atoms with Crippen molar-refractivity contribution in [3.8, 4) is 0 Å². The molecule has 1 aromatic carbocycles. The summed E-state index contributed by atoms with van der Waals surface area (Å²) in [5.41, 5.74) is 3.28. The van der Waals surface area contributed by atoms with Crippen molar-refractivity contribution in [3.05, 3.63) is 36.0 Å². The van der Waals surface area contributed by atoms with Crippen molar-refractivity contribution < 1.29 is 0 Å². The second kappa shape index (κ2) is 5.38. The van der Waals surface area contributed by atoms with Crippen molar-refractivity contribution >= 4 is 16.6 Å². The highest BCUT2D eigenvalue weighted by Gasteiger charge is 2.08. The van der Waals surface area contributed by atoms with Crippen LogP contribution in [0.1, 0.15) is 32.9 Å². The van der Waals surface area contributed by atoms with Crippen LogP contribution in [0, 0.1) is 12.8 Å². The number of benzene rings is 1. The van der Waals surface area contributed by atoms with Crippen molar-refractivity contribution in [1.29, 1.82) is 0 Å². The van der Waals surface area contributed by atoms with Crippen LogP contribution in [0.5, 0.6) is 0 Å². The van der Waals surface area contributed by atoms with Crippen molar-refractivity contribution in [2.45, 2.75) is 40.2 Å². The van der Waals surface area contributed by atoms with Crippen molar-refractivity contribution in [2.75, 3.05) is 5.32 Å². The van der Waals surface area contributed by atoms with Crippen LogP contribution in [0.2, 0.25) is 0 Å². The van der Waals surface area contributed by atoms with Crippen LogP contribution in [-0.4, -0.2) is 11.0 Å². The van der Waals surface area contributed by atoms with E-state index in [4.69, 9.17) is 0 Å². The maximum atomic E-state index is 4.65. The second-order valence-electron chi connectivity index (χ2n) is 5.50. The molecule has 0 aliphatic rings. The molecular weight excluding hydrogens is 220 g/mol. The Balaban J connectivity index is 2.30. The molecule has 18 heavy (non-hydrogen) atoms. The highest BCUT2D eigenvalue weighted by Crippen LogP contribution is 2.23. The Labute approximate surface area is 109 Å². The lowest BCUT2D eigenvalue weighted by atomic mass is 10.0. The van der Waals surface area contributed by atoms with Gasteiger partial charge in [-0.1, -0.05) is 32.0 Å². The number of fused-ring (bicyclic) bond motifs is 1. The van der Waals surface area contributed by atoms with Crippen LogP contribution in [0.25, 0.3) is 10.9 Å². The van der Waals surface area contributed by atoms with Crippen molar-refractivity contribution in [1.82, 2.24) is 4.98 Å². The average Bonchev–Trinajstić information content (AvgIpc) is 2.28. The zero-order valence-electron chi connectivity index (χ0n) is 11.7. The first kappa shape index (κ1) is 12.9. The molecule has 1 aromatic heterocycles. The number of pyridine rings is 1. The second-order valence-corrected chi connectivity index (χ2v) is 5.50. The van der Waals surface area contributed by atoms with E-state index in [2.05, 4.69) is 61.4 Å². The molecule has 2 rings (SSSR count). The van der Waals surface area contributed by atoms with E-state index < -0.39 is 0 Å². The van der Waals surface area contributed by atoms with Crippen LogP contribution < -0.4 is 5.32 Å². The first-order valence-corrected chi connectivity index (χ1v) is 6.69. The molecule has 2 heteroatoms. The zero-order valence-corrected chi connectivity index (χ0v) is 11.7. The molecule has 1 atom stereocenters. The lowest BCUT2D eigenvalue weighted by molar-refractivity contribution is 0.540. The Bertz CT molecular complexity index is 532. The molecule has 0 aliphatic carbocycles. The molecule has 0 spiro atoms. The molecular formula is C16H22N2. The molecule has 0 aliphatic heterocycles. The summed E-state index contributed by atoms with van der Waals surface area (Å²) in [5.74, 6) is 0.706. The fourth-order valence-electron chi connectivity index (χ4n) is 2.39. The summed E-state index contributed by atoms with van der Waals surface area (Å²) in [7, 11) is 0. The molecule has 96 valence electrons. The minimum Gasteiger partial charge on any atom is -0.381 e. The topological polar surface area (TPSA) is 24.9 Å². The third kappa shape index (κ3) is 3.00. The van der Waals surface area contributed by atoms with Gasteiger partial charge in [0.15, 0.2) is 0 Å². The predicted molar refractivity (Wildman–Crippen MR) is 79.0 cm³/mol. The van der Waals surface area contributed by atoms with Gasteiger partial charge in [-0.05, 0) is 38.3 Å². The average molecular weight is 242 g/mol. The molecule has 0 saturated heterocycles. The largest absolute Gasteiger partial charge is 0.381 e. The Hall–Kier alpha value is -1.57. The fraction of sp³-hybridized carbons (Fsp3) is 0.438. The number of hydrogen-bond acceptors (Lipinski definition) is 2. The van der Waals surface area contributed by atoms with E-state index in [1.807, 2.05) is 6.92 Å². The lowest BCUT2D eigenvalue weighted by Gasteiger charge is -2.18. The minimum atomic E-state index is 0.470. The Morgan fingerprint density at radius 2 is 1.89 bits per heavy atom. The van der Waals surface area contributed by atoms with Gasteiger partial charge in [0.2, 0.25) is 0 Å². The third-order valence-electron chi connectivity index (χ3n) is 3.09. The number of nitrogens with zero attached hydrogens (tertiary/aromatic N) is 1. The quantitative estimate of drug-likeness (QED) is 0.860. The maximum Gasteiger partial charge on any atom is 0.0936 e. The van der Waals surface area contributed by atoms with Gasteiger partial charge in [0.1, 0.15) is 0 Å². The molecule has 0 amide bonds. The highest BCUT2D eigenvalue weighted by atomic mass is 14.9. The number of rotatable bonds is 4. The molecule has 0 fully saturated rings. The van der Waals surface area contributed by atoms with Gasteiger partial charge in [-0.25, -0.2) is 0 Å². The zero-order chi connectivity index (χ0) is 13.1. The molecule has 0 radical (unpaired) electrons. The summed E-state index contributed by atoms with van der Waals surface area (Å²) in [6.45, 7) is 8.77. The number of hydrogen-bond donors (Lipinski definition) is 1. The van der Waals surface area contributed by atoms with Gasteiger partial charge in [0.25, 0.3) is 0 Å². The number of aromatic nitrogens is 1. The van der Waals surface area contributed by atoms with E-state index in [-0.39, 0.29) is 0 Å². The van der Waals surface area contributed by atoms with Crippen molar-refractivity contribution in [2.24, 2.45) is 5.92 Å². The van der Waals surface area contributed by atoms with Crippen LogP contribution in [0.15, 0.2) is 30.3 Å². The van der Waals surface area contributed by atoms with Gasteiger partial charge in [0.05, 0.1) is 11.2 Å². The van der Waals surface area contributed by atoms with E-state index in [0.717, 1.165) is 16.9 Å². The number of nitrogens with one attached hydrogen (secondary N) is 1. The summed E-state index contributed by atoms with van der Waals surface area (Å²) < 4.78 is 0. The smallest absolute Gasteiger partial charge is 0.0936 e. The Morgan fingerprint density at radius 1 is 1.11 bits per heavy atom. The highest BCUT2D eigenvalue weighted by molar-refractivity contribution is 5.90. The number of aryl methyl sites for hydroxylation is 1. The normalized spacial score (nSPS) is 12.9. The minimum absolute atomic E-state index is 0.470. The Kier molecular flexibility index (Phi) is 3.85. The standard InChI is InChI=1S/C16H22N2/c1-11(2)10-13(4)17-15-7-5-6-14-9-8-12(3)18-16(14)15/h5-9,11,13,17H,10H2,1-4H3. The van der Waals surface area contributed by atoms with Gasteiger partial charge in [-0.3, -0.25) is 4.98 Å². The monoisotopic (exact) mass is 242 g/mol. The van der Waals surface area contributed by atoms with E-state index in [9.17, 15) is 0 Å². The summed E-state index contributed by atoms with van der Waals surface area (Å²) in [6, 6.07) is 11.0. The van der Waals surface area contributed by atoms with Gasteiger partial charge in [-0.15, -0.1) is 0 Å². The van der Waals surface area contributed by atoms with Gasteiger partial charge < -0.3 is 5.32 Å². The summed E-state index contributed by atoms with van der Waals surface area (Å²) in [6.07, 6.45) is 1.17. The SMILES string of the molecule is Cc1ccc2cccc(NC(C)CC(C)C)c2n1. The third-order valence-corrected chi connectivity index (χ3v) is 3.09. The first-order valence-electron chi connectivity index (χ1n) is 6.69. The molecule has 2 aromatic rings. The number of para-hydroxylation sites is 1. The summed E-state index contributed by atoms with van der Waals surface area (Å²) >= 11 is 0. The van der Waals surface area contributed by atoms with Crippen LogP contribution in [0.4, 0.5) is 5.69 Å². The van der Waals surface area contributed by atoms with E-state index in [1.54, 1.807) is 0 Å². The van der Waals surface area contributed by atoms with Gasteiger partial charge in [0, 0.05) is 17.1 Å². The first-order chi connectivity index (χ1) is 8.56. The molecule has 1 heterocycles. The Morgan fingerprint density at radius 3 is 2.61 bits per heavy atom. The van der Waals surface area contributed by atoms with E-state index in [1.165, 1.54) is 11.8 Å². The molecule has 1 N–H and O–H groups in total.